The van der Waals surface area contributed by atoms with Gasteiger partial charge in [-0.05, 0) is 53.3 Å². The van der Waals surface area contributed by atoms with Crippen LogP contribution in [-0.4, -0.2) is 9.55 Å². The van der Waals surface area contributed by atoms with Gasteiger partial charge in [0.25, 0.3) is 0 Å². The van der Waals surface area contributed by atoms with Gasteiger partial charge in [0.2, 0.25) is 0 Å². The number of aromatic nitrogens is 2. The van der Waals surface area contributed by atoms with Crippen LogP contribution in [0.5, 0.6) is 0 Å². The summed E-state index contributed by atoms with van der Waals surface area (Å²) in [6, 6.07) is 34.3. The Kier molecular flexibility index (Phi) is 4.91. The average molecular weight is 403 g/mol. The van der Waals surface area contributed by atoms with Crippen LogP contribution in [0.4, 0.5) is 0 Å². The summed E-state index contributed by atoms with van der Waals surface area (Å²) >= 11 is 0. The maximum Gasteiger partial charge on any atom is 0.145 e. The second kappa shape index (κ2) is 7.88. The smallest absolute Gasteiger partial charge is 0.145 e. The third-order valence-electron chi connectivity index (χ3n) is 5.92. The maximum atomic E-state index is 5.12. The lowest BCUT2D eigenvalue weighted by atomic mass is 9.99. The summed E-state index contributed by atoms with van der Waals surface area (Å²) in [6.45, 7) is 6.67. The van der Waals surface area contributed by atoms with Crippen molar-refractivity contribution in [2.45, 2.75) is 26.7 Å². The van der Waals surface area contributed by atoms with E-state index >= 15 is 0 Å². The second-order valence-electron chi connectivity index (χ2n) is 8.37. The Morgan fingerprint density at radius 3 is 2.00 bits per heavy atom. The molecule has 0 aliphatic rings. The van der Waals surface area contributed by atoms with Gasteiger partial charge in [0.1, 0.15) is 5.82 Å². The van der Waals surface area contributed by atoms with Crippen molar-refractivity contribution in [3.63, 3.8) is 0 Å². The molecular formula is C29H26N2. The minimum atomic E-state index is 0.413. The number of rotatable bonds is 4. The van der Waals surface area contributed by atoms with E-state index in [0.717, 1.165) is 22.4 Å². The summed E-state index contributed by atoms with van der Waals surface area (Å²) < 4.78 is 2.34. The standard InChI is InChI=1S/C29H26N2/c1-20(2)24-16-10-11-17-27(24)31-28-19-25(22-12-6-4-7-13-22)21(3)18-26(28)30-29(31)23-14-8-5-9-15-23/h4-20H,1-3H3. The van der Waals surface area contributed by atoms with Gasteiger partial charge in [-0.15, -0.1) is 0 Å². The fraction of sp³-hybridized carbons (Fsp3) is 0.138. The van der Waals surface area contributed by atoms with Crippen molar-refractivity contribution in [2.24, 2.45) is 0 Å². The molecule has 1 aromatic heterocycles. The van der Waals surface area contributed by atoms with Crippen molar-refractivity contribution in [1.29, 1.82) is 0 Å². The van der Waals surface area contributed by atoms with E-state index in [0.29, 0.717) is 5.92 Å². The van der Waals surface area contributed by atoms with E-state index in [-0.39, 0.29) is 0 Å². The van der Waals surface area contributed by atoms with Gasteiger partial charge in [0, 0.05) is 5.56 Å². The Hall–Kier alpha value is -3.65. The molecule has 5 rings (SSSR count). The van der Waals surface area contributed by atoms with Crippen molar-refractivity contribution in [3.8, 4) is 28.2 Å². The number of benzene rings is 4. The van der Waals surface area contributed by atoms with E-state index in [1.165, 1.54) is 27.9 Å². The van der Waals surface area contributed by atoms with Crippen LogP contribution >= 0.6 is 0 Å². The highest BCUT2D eigenvalue weighted by Crippen LogP contribution is 2.35. The minimum Gasteiger partial charge on any atom is -0.292 e. The molecule has 152 valence electrons. The molecule has 0 fully saturated rings. The molecule has 0 bridgehead atoms. The number of hydrogen-bond acceptors (Lipinski definition) is 1. The first-order chi connectivity index (χ1) is 15.1. The topological polar surface area (TPSA) is 17.8 Å². The lowest BCUT2D eigenvalue weighted by Gasteiger charge is -2.17. The third-order valence-corrected chi connectivity index (χ3v) is 5.92. The molecule has 0 spiro atoms. The fourth-order valence-electron chi connectivity index (χ4n) is 4.36. The molecule has 2 heteroatoms. The summed E-state index contributed by atoms with van der Waals surface area (Å²) in [7, 11) is 0. The average Bonchev–Trinajstić information content (AvgIpc) is 3.17. The van der Waals surface area contributed by atoms with E-state index in [1.807, 2.05) is 0 Å². The van der Waals surface area contributed by atoms with Gasteiger partial charge >= 0.3 is 0 Å². The molecule has 31 heavy (non-hydrogen) atoms. The Balaban J connectivity index is 1.87. The first-order valence-corrected chi connectivity index (χ1v) is 10.9. The normalized spacial score (nSPS) is 11.4. The molecule has 2 nitrogen and oxygen atoms in total. The van der Waals surface area contributed by atoms with Crippen molar-refractivity contribution < 1.29 is 0 Å². The van der Waals surface area contributed by atoms with Gasteiger partial charge in [-0.2, -0.15) is 0 Å². The summed E-state index contributed by atoms with van der Waals surface area (Å²) in [5.41, 5.74) is 9.51. The highest BCUT2D eigenvalue weighted by Gasteiger charge is 2.19. The maximum absolute atomic E-state index is 5.12. The van der Waals surface area contributed by atoms with Crippen LogP contribution in [0.3, 0.4) is 0 Å². The molecule has 4 aromatic carbocycles. The molecule has 5 aromatic rings. The van der Waals surface area contributed by atoms with E-state index in [9.17, 15) is 0 Å². The quantitative estimate of drug-likeness (QED) is 0.300. The zero-order chi connectivity index (χ0) is 21.4. The zero-order valence-corrected chi connectivity index (χ0v) is 18.2. The molecule has 0 aliphatic carbocycles. The van der Waals surface area contributed by atoms with E-state index < -0.39 is 0 Å². The summed E-state index contributed by atoms with van der Waals surface area (Å²) in [6.07, 6.45) is 0. The van der Waals surface area contributed by atoms with Gasteiger partial charge in [0.05, 0.1) is 16.7 Å². The predicted octanol–water partition coefficient (Wildman–Crippen LogP) is 7.79. The molecule has 0 saturated carbocycles. The molecule has 0 atom stereocenters. The number of nitrogens with zero attached hydrogens (tertiary/aromatic N) is 2. The number of para-hydroxylation sites is 1. The first-order valence-electron chi connectivity index (χ1n) is 10.9. The van der Waals surface area contributed by atoms with Crippen LogP contribution in [0.2, 0.25) is 0 Å². The summed E-state index contributed by atoms with van der Waals surface area (Å²) in [4.78, 5) is 5.12. The van der Waals surface area contributed by atoms with Gasteiger partial charge in [0.15, 0.2) is 0 Å². The Bertz CT molecular complexity index is 1350. The molecule has 0 N–H and O–H groups in total. The van der Waals surface area contributed by atoms with E-state index in [4.69, 9.17) is 4.98 Å². The van der Waals surface area contributed by atoms with Gasteiger partial charge in [-0.3, -0.25) is 4.57 Å². The molecule has 0 aliphatic heterocycles. The van der Waals surface area contributed by atoms with Gasteiger partial charge < -0.3 is 0 Å². The van der Waals surface area contributed by atoms with Gasteiger partial charge in [-0.25, -0.2) is 4.98 Å². The van der Waals surface area contributed by atoms with Crippen molar-refractivity contribution in [3.05, 3.63) is 108 Å². The summed E-state index contributed by atoms with van der Waals surface area (Å²) in [5.74, 6) is 1.39. The minimum absolute atomic E-state index is 0.413. The lowest BCUT2D eigenvalue weighted by molar-refractivity contribution is 0.851. The SMILES string of the molecule is Cc1cc2nc(-c3ccccc3)n(-c3ccccc3C(C)C)c2cc1-c1ccccc1. The van der Waals surface area contributed by atoms with Crippen molar-refractivity contribution in [1.82, 2.24) is 9.55 Å². The van der Waals surface area contributed by atoms with Crippen molar-refractivity contribution >= 4 is 11.0 Å². The number of hydrogen-bond donors (Lipinski definition) is 0. The second-order valence-corrected chi connectivity index (χ2v) is 8.37. The monoisotopic (exact) mass is 402 g/mol. The van der Waals surface area contributed by atoms with E-state index in [2.05, 4.69) is 122 Å². The van der Waals surface area contributed by atoms with Crippen LogP contribution in [0.25, 0.3) is 39.2 Å². The number of aryl methyl sites for hydroxylation is 1. The zero-order valence-electron chi connectivity index (χ0n) is 18.2. The third kappa shape index (κ3) is 3.44. The largest absolute Gasteiger partial charge is 0.292 e. The lowest BCUT2D eigenvalue weighted by Crippen LogP contribution is -2.03. The number of imidazole rings is 1. The Morgan fingerprint density at radius 1 is 0.710 bits per heavy atom. The van der Waals surface area contributed by atoms with E-state index in [1.54, 1.807) is 0 Å². The molecule has 1 heterocycles. The van der Waals surface area contributed by atoms with Gasteiger partial charge in [-0.1, -0.05) is 92.7 Å². The fourth-order valence-corrected chi connectivity index (χ4v) is 4.36. The molecular weight excluding hydrogens is 376 g/mol. The molecule has 0 amide bonds. The molecule has 0 unspecified atom stereocenters. The molecule has 0 saturated heterocycles. The van der Waals surface area contributed by atoms with Crippen molar-refractivity contribution in [2.75, 3.05) is 0 Å². The Labute approximate surface area is 183 Å². The van der Waals surface area contributed by atoms with Crippen LogP contribution in [0.15, 0.2) is 97.1 Å². The van der Waals surface area contributed by atoms with Crippen LogP contribution in [0.1, 0.15) is 30.9 Å². The summed E-state index contributed by atoms with van der Waals surface area (Å²) in [5, 5.41) is 0. The first kappa shape index (κ1) is 19.3. The van der Waals surface area contributed by atoms with Crippen LogP contribution < -0.4 is 0 Å². The highest BCUT2D eigenvalue weighted by atomic mass is 15.1. The van der Waals surface area contributed by atoms with Crippen LogP contribution in [-0.2, 0) is 0 Å². The predicted molar refractivity (Wildman–Crippen MR) is 131 cm³/mol. The Morgan fingerprint density at radius 2 is 1.32 bits per heavy atom. The number of fused-ring (bicyclic) bond motifs is 1. The highest BCUT2D eigenvalue weighted by molar-refractivity contribution is 5.89. The van der Waals surface area contributed by atoms with Crippen LogP contribution in [0, 0.1) is 6.92 Å². The molecule has 0 radical (unpaired) electrons.